The summed E-state index contributed by atoms with van der Waals surface area (Å²) in [6, 6.07) is 10.4. The molecule has 0 atom stereocenters. The number of carbonyl (C=O) groups is 1. The second-order valence-electron chi connectivity index (χ2n) is 5.33. The van der Waals surface area contributed by atoms with Crippen LogP contribution in [0.4, 0.5) is 5.82 Å². The van der Waals surface area contributed by atoms with Crippen LogP contribution in [0.5, 0.6) is 0 Å². The fourth-order valence-corrected chi connectivity index (χ4v) is 2.82. The van der Waals surface area contributed by atoms with Crippen LogP contribution < -0.4 is 10.8 Å². The van der Waals surface area contributed by atoms with E-state index in [1.165, 1.54) is 16.5 Å². The van der Waals surface area contributed by atoms with Crippen molar-refractivity contribution in [3.8, 4) is 0 Å². The summed E-state index contributed by atoms with van der Waals surface area (Å²) >= 11 is 1.80. The number of amides is 1. The number of hydroxylamine groups is 1. The van der Waals surface area contributed by atoms with E-state index in [9.17, 15) is 4.79 Å². The van der Waals surface area contributed by atoms with E-state index in [0.29, 0.717) is 0 Å². The fourth-order valence-electron chi connectivity index (χ4n) is 2.05. The lowest BCUT2D eigenvalue weighted by Gasteiger charge is -2.09. The molecule has 1 aromatic heterocycles. The molecule has 0 saturated heterocycles. The van der Waals surface area contributed by atoms with E-state index in [0.717, 1.165) is 29.2 Å². The summed E-state index contributed by atoms with van der Waals surface area (Å²) in [5, 5.41) is 11.8. The maximum atomic E-state index is 11.0. The molecular formula is C18H21N3O2S. The molecule has 0 fully saturated rings. The highest BCUT2D eigenvalue weighted by Gasteiger charge is 2.01. The Morgan fingerprint density at radius 3 is 2.71 bits per heavy atom. The van der Waals surface area contributed by atoms with Crippen LogP contribution >= 0.6 is 11.8 Å². The Morgan fingerprint density at radius 2 is 2.04 bits per heavy atom. The summed E-state index contributed by atoms with van der Waals surface area (Å²) in [6.07, 6.45) is 4.54. The number of thioether (sulfide) groups is 1. The number of rotatable bonds is 7. The number of anilines is 1. The first-order valence-electron chi connectivity index (χ1n) is 7.60. The van der Waals surface area contributed by atoms with Crippen molar-refractivity contribution in [1.82, 2.24) is 10.5 Å². The first-order chi connectivity index (χ1) is 11.6. The topological polar surface area (TPSA) is 74.2 Å². The summed E-state index contributed by atoms with van der Waals surface area (Å²) < 4.78 is 0. The van der Waals surface area contributed by atoms with Crippen molar-refractivity contribution in [3.63, 3.8) is 0 Å². The molecule has 0 bridgehead atoms. The van der Waals surface area contributed by atoms with Crippen molar-refractivity contribution in [2.45, 2.75) is 18.7 Å². The Hall–Kier alpha value is -2.31. The number of carbonyl (C=O) groups excluding carboxylic acids is 1. The molecule has 0 saturated carbocycles. The zero-order chi connectivity index (χ0) is 17.4. The Kier molecular flexibility index (Phi) is 6.84. The van der Waals surface area contributed by atoms with E-state index in [2.05, 4.69) is 41.5 Å². The average molecular weight is 343 g/mol. The molecule has 1 aromatic carbocycles. The first kappa shape index (κ1) is 18.0. The minimum atomic E-state index is -0.567. The van der Waals surface area contributed by atoms with Crippen LogP contribution in [0.2, 0.25) is 0 Å². The van der Waals surface area contributed by atoms with Crippen molar-refractivity contribution < 1.29 is 10.0 Å². The summed E-state index contributed by atoms with van der Waals surface area (Å²) in [5.41, 5.74) is 4.62. The number of hydrogen-bond donors (Lipinski definition) is 3. The maximum absolute atomic E-state index is 11.0. The quantitative estimate of drug-likeness (QED) is 0.236. The zero-order valence-corrected chi connectivity index (χ0v) is 14.6. The molecule has 126 valence electrons. The third-order valence-electron chi connectivity index (χ3n) is 3.32. The van der Waals surface area contributed by atoms with Gasteiger partial charge in [-0.25, -0.2) is 10.5 Å². The molecule has 2 aromatic rings. The number of aromatic nitrogens is 1. The van der Waals surface area contributed by atoms with Crippen molar-refractivity contribution in [2.24, 2.45) is 0 Å². The van der Waals surface area contributed by atoms with Crippen LogP contribution in [0, 0.1) is 13.8 Å². The molecule has 0 aliphatic heterocycles. The van der Waals surface area contributed by atoms with Crippen molar-refractivity contribution >= 4 is 29.6 Å². The van der Waals surface area contributed by atoms with Crippen LogP contribution in [0.1, 0.15) is 16.7 Å². The smallest absolute Gasteiger partial charge is 0.267 e. The molecule has 2 rings (SSSR count). The molecule has 5 nitrogen and oxygen atoms in total. The van der Waals surface area contributed by atoms with Gasteiger partial charge in [0.25, 0.3) is 5.91 Å². The largest absolute Gasteiger partial charge is 0.369 e. The molecule has 0 unspecified atom stereocenters. The standard InChI is InChI=1S/C18H21N3O2S/c1-13-3-6-16(7-4-13)24-10-9-19-18-14(2)11-15(12-20-18)5-8-17(22)21-23/h3-8,11-12,23H,9-10H2,1-2H3,(H,19,20)(H,21,22)/b8-5+. The number of benzene rings is 1. The Bertz CT molecular complexity index is 715. The van der Waals surface area contributed by atoms with Gasteiger partial charge in [-0.3, -0.25) is 10.0 Å². The number of nitrogens with zero attached hydrogens (tertiary/aromatic N) is 1. The van der Waals surface area contributed by atoms with E-state index >= 15 is 0 Å². The van der Waals surface area contributed by atoms with Crippen LogP contribution in [0.25, 0.3) is 6.08 Å². The molecule has 24 heavy (non-hydrogen) atoms. The number of aryl methyl sites for hydroxylation is 2. The normalized spacial score (nSPS) is 10.8. The highest BCUT2D eigenvalue weighted by molar-refractivity contribution is 7.99. The monoisotopic (exact) mass is 343 g/mol. The van der Waals surface area contributed by atoms with Crippen LogP contribution in [0.3, 0.4) is 0 Å². The minimum Gasteiger partial charge on any atom is -0.369 e. The molecule has 1 heterocycles. The van der Waals surface area contributed by atoms with Gasteiger partial charge in [-0.1, -0.05) is 17.7 Å². The predicted molar refractivity (Wildman–Crippen MR) is 98.3 cm³/mol. The first-order valence-corrected chi connectivity index (χ1v) is 8.59. The van der Waals surface area contributed by atoms with Crippen molar-refractivity contribution in [3.05, 3.63) is 59.3 Å². The molecule has 1 amide bonds. The van der Waals surface area contributed by atoms with Gasteiger partial charge in [0.2, 0.25) is 0 Å². The third kappa shape index (κ3) is 5.72. The van der Waals surface area contributed by atoms with Gasteiger partial charge < -0.3 is 5.32 Å². The summed E-state index contributed by atoms with van der Waals surface area (Å²) in [5.74, 6) is 1.22. The lowest BCUT2D eigenvalue weighted by atomic mass is 10.2. The lowest BCUT2D eigenvalue weighted by Crippen LogP contribution is -2.14. The Balaban J connectivity index is 1.83. The van der Waals surface area contributed by atoms with Gasteiger partial charge in [0.1, 0.15) is 5.82 Å². The van der Waals surface area contributed by atoms with Crippen LogP contribution in [-0.4, -0.2) is 28.4 Å². The molecular weight excluding hydrogens is 322 g/mol. The van der Waals surface area contributed by atoms with E-state index in [-0.39, 0.29) is 0 Å². The molecule has 0 radical (unpaired) electrons. The SMILES string of the molecule is Cc1ccc(SCCNc2ncc(/C=C/C(=O)NO)cc2C)cc1. The summed E-state index contributed by atoms with van der Waals surface area (Å²) in [4.78, 5) is 16.6. The van der Waals surface area contributed by atoms with Gasteiger partial charge in [-0.15, -0.1) is 11.8 Å². The van der Waals surface area contributed by atoms with Gasteiger partial charge >= 0.3 is 0 Å². The number of pyridine rings is 1. The Morgan fingerprint density at radius 1 is 1.29 bits per heavy atom. The van der Waals surface area contributed by atoms with Gasteiger partial charge in [0.05, 0.1) is 0 Å². The van der Waals surface area contributed by atoms with E-state index in [1.54, 1.807) is 29.5 Å². The van der Waals surface area contributed by atoms with E-state index in [4.69, 9.17) is 5.21 Å². The maximum Gasteiger partial charge on any atom is 0.267 e. The average Bonchev–Trinajstić information content (AvgIpc) is 2.59. The number of nitrogens with one attached hydrogen (secondary N) is 2. The van der Waals surface area contributed by atoms with Gasteiger partial charge in [0, 0.05) is 29.5 Å². The van der Waals surface area contributed by atoms with Gasteiger partial charge in [0.15, 0.2) is 0 Å². The molecule has 0 aliphatic rings. The van der Waals surface area contributed by atoms with E-state index in [1.807, 2.05) is 13.0 Å². The fraction of sp³-hybridized carbons (Fsp3) is 0.222. The zero-order valence-electron chi connectivity index (χ0n) is 13.7. The number of hydrogen-bond acceptors (Lipinski definition) is 5. The third-order valence-corrected chi connectivity index (χ3v) is 4.33. The molecule has 6 heteroatoms. The van der Waals surface area contributed by atoms with Crippen molar-refractivity contribution in [1.29, 1.82) is 0 Å². The van der Waals surface area contributed by atoms with E-state index < -0.39 is 5.91 Å². The second kappa shape index (κ2) is 9.10. The lowest BCUT2D eigenvalue weighted by molar-refractivity contribution is -0.124. The highest BCUT2D eigenvalue weighted by Crippen LogP contribution is 2.19. The summed E-state index contributed by atoms with van der Waals surface area (Å²) in [7, 11) is 0. The summed E-state index contributed by atoms with van der Waals surface area (Å²) in [6.45, 7) is 4.86. The molecule has 3 N–H and O–H groups in total. The predicted octanol–water partition coefficient (Wildman–Crippen LogP) is 3.42. The molecule has 0 aliphatic carbocycles. The van der Waals surface area contributed by atoms with Crippen LogP contribution in [0.15, 0.2) is 47.5 Å². The Labute approximate surface area is 146 Å². The van der Waals surface area contributed by atoms with Crippen LogP contribution in [-0.2, 0) is 4.79 Å². The van der Waals surface area contributed by atoms with Gasteiger partial charge in [-0.05, 0) is 49.2 Å². The van der Waals surface area contributed by atoms with Gasteiger partial charge in [-0.2, -0.15) is 0 Å². The highest BCUT2D eigenvalue weighted by atomic mass is 32.2. The minimum absolute atomic E-state index is 0.567. The molecule has 0 spiro atoms. The second-order valence-corrected chi connectivity index (χ2v) is 6.50. The van der Waals surface area contributed by atoms with Crippen molar-refractivity contribution in [2.75, 3.05) is 17.6 Å².